The molecule has 0 heterocycles. The number of carbonyl (C=O) groups is 1. The number of nitrogens with one attached hydrogen (secondary N) is 1. The monoisotopic (exact) mass is 413 g/mol. The Hall–Kier alpha value is -2.09. The Balaban J connectivity index is 2.44. The first-order chi connectivity index (χ1) is 12.2. The number of carbonyl (C=O) groups excluding carboxylic acids is 1. The molecular weight excluding hydrogens is 397 g/mol. The fourth-order valence-electron chi connectivity index (χ4n) is 2.02. The van der Waals surface area contributed by atoms with E-state index in [1.165, 1.54) is 30.3 Å². The Labute approximate surface area is 162 Å². The van der Waals surface area contributed by atoms with Gasteiger partial charge in [0.15, 0.2) is 0 Å². The summed E-state index contributed by atoms with van der Waals surface area (Å²) in [6.07, 6.45) is 0. The van der Waals surface area contributed by atoms with Gasteiger partial charge in [0, 0.05) is 15.8 Å². The van der Waals surface area contributed by atoms with Crippen LogP contribution in [0.1, 0.15) is 13.8 Å². The number of amides is 1. The van der Waals surface area contributed by atoms with Crippen molar-refractivity contribution in [1.29, 1.82) is 0 Å². The molecule has 0 atom stereocenters. The molecule has 0 radical (unpaired) electrons. The van der Waals surface area contributed by atoms with Crippen molar-refractivity contribution in [1.82, 2.24) is 5.43 Å². The van der Waals surface area contributed by atoms with Gasteiger partial charge in [-0.25, -0.2) is 13.8 Å². The Bertz CT molecular complexity index is 925. The second-order valence-corrected chi connectivity index (χ2v) is 8.27. The third kappa shape index (κ3) is 5.20. The molecule has 0 aliphatic rings. The van der Waals surface area contributed by atoms with Crippen LogP contribution in [0.4, 0.5) is 5.69 Å². The maximum Gasteiger partial charge on any atom is 0.264 e. The number of halogens is 2. The minimum atomic E-state index is -4.01. The maximum absolute atomic E-state index is 13.1. The summed E-state index contributed by atoms with van der Waals surface area (Å²) in [5.41, 5.74) is 3.21. The molecule has 26 heavy (non-hydrogen) atoms. The molecule has 2 aromatic carbocycles. The zero-order chi connectivity index (χ0) is 19.3. The zero-order valence-corrected chi connectivity index (χ0v) is 16.4. The van der Waals surface area contributed by atoms with E-state index in [-0.39, 0.29) is 10.6 Å². The second kappa shape index (κ2) is 8.53. The van der Waals surface area contributed by atoms with Crippen LogP contribution in [0.3, 0.4) is 0 Å². The third-order valence-corrected chi connectivity index (χ3v) is 5.46. The van der Waals surface area contributed by atoms with Gasteiger partial charge in [0.25, 0.3) is 15.9 Å². The molecule has 0 bridgehead atoms. The molecule has 2 aromatic rings. The van der Waals surface area contributed by atoms with Gasteiger partial charge in [-0.05, 0) is 56.3 Å². The van der Waals surface area contributed by atoms with Crippen LogP contribution >= 0.6 is 23.2 Å². The van der Waals surface area contributed by atoms with E-state index in [0.29, 0.717) is 15.8 Å². The van der Waals surface area contributed by atoms with Gasteiger partial charge in [0.05, 0.1) is 10.6 Å². The third-order valence-electron chi connectivity index (χ3n) is 3.19. The predicted molar refractivity (Wildman–Crippen MR) is 104 cm³/mol. The average molecular weight is 414 g/mol. The number of sulfonamides is 1. The minimum Gasteiger partial charge on any atom is -0.271 e. The van der Waals surface area contributed by atoms with Crippen LogP contribution in [0.15, 0.2) is 58.5 Å². The summed E-state index contributed by atoms with van der Waals surface area (Å²) in [4.78, 5) is 12.2. The van der Waals surface area contributed by atoms with Crippen LogP contribution in [-0.4, -0.2) is 26.6 Å². The maximum atomic E-state index is 13.1. The van der Waals surface area contributed by atoms with E-state index >= 15 is 0 Å². The molecular formula is C17H17Cl2N3O3S. The normalized spacial score (nSPS) is 10.9. The first-order valence-electron chi connectivity index (χ1n) is 7.54. The number of hydrogen-bond acceptors (Lipinski definition) is 4. The quantitative estimate of drug-likeness (QED) is 0.578. The SMILES string of the molecule is CC(C)=NNC(=O)CN(c1cccc(Cl)c1)S(=O)(=O)c1ccc(Cl)cc1. The van der Waals surface area contributed by atoms with Crippen molar-refractivity contribution in [2.75, 3.05) is 10.8 Å². The topological polar surface area (TPSA) is 78.8 Å². The molecule has 0 aromatic heterocycles. The molecule has 0 fully saturated rings. The van der Waals surface area contributed by atoms with Gasteiger partial charge >= 0.3 is 0 Å². The molecule has 1 amide bonds. The van der Waals surface area contributed by atoms with Crippen molar-refractivity contribution < 1.29 is 13.2 Å². The average Bonchev–Trinajstić information content (AvgIpc) is 2.58. The first kappa shape index (κ1) is 20.2. The molecule has 2 rings (SSSR count). The second-order valence-electron chi connectivity index (χ2n) is 5.54. The molecule has 6 nitrogen and oxygen atoms in total. The number of anilines is 1. The molecule has 1 N–H and O–H groups in total. The van der Waals surface area contributed by atoms with Crippen molar-refractivity contribution >= 4 is 50.5 Å². The van der Waals surface area contributed by atoms with E-state index in [9.17, 15) is 13.2 Å². The smallest absolute Gasteiger partial charge is 0.264 e. The lowest BCUT2D eigenvalue weighted by atomic mass is 10.3. The molecule has 138 valence electrons. The highest BCUT2D eigenvalue weighted by atomic mass is 35.5. The predicted octanol–water partition coefficient (Wildman–Crippen LogP) is 3.70. The summed E-state index contributed by atoms with van der Waals surface area (Å²) in [5, 5.41) is 4.56. The summed E-state index contributed by atoms with van der Waals surface area (Å²) in [7, 11) is -4.01. The van der Waals surface area contributed by atoms with E-state index in [4.69, 9.17) is 23.2 Å². The van der Waals surface area contributed by atoms with Crippen LogP contribution in [0.5, 0.6) is 0 Å². The lowest BCUT2D eigenvalue weighted by Gasteiger charge is -2.24. The van der Waals surface area contributed by atoms with E-state index in [2.05, 4.69) is 10.5 Å². The summed E-state index contributed by atoms with van der Waals surface area (Å²) in [6, 6.07) is 11.9. The van der Waals surface area contributed by atoms with Crippen molar-refractivity contribution in [3.05, 3.63) is 58.6 Å². The highest BCUT2D eigenvalue weighted by Crippen LogP contribution is 2.26. The van der Waals surface area contributed by atoms with Crippen LogP contribution in [0, 0.1) is 0 Å². The van der Waals surface area contributed by atoms with E-state index in [0.717, 1.165) is 4.31 Å². The van der Waals surface area contributed by atoms with E-state index in [1.54, 1.807) is 32.0 Å². The van der Waals surface area contributed by atoms with Crippen LogP contribution in [0.2, 0.25) is 10.0 Å². The molecule has 0 aliphatic carbocycles. The van der Waals surface area contributed by atoms with Gasteiger partial charge in [0.1, 0.15) is 6.54 Å². The first-order valence-corrected chi connectivity index (χ1v) is 9.73. The summed E-state index contributed by atoms with van der Waals surface area (Å²) in [6.45, 7) is 2.96. The minimum absolute atomic E-state index is 0.00449. The van der Waals surface area contributed by atoms with Crippen molar-refractivity contribution in [3.8, 4) is 0 Å². The number of hydrazone groups is 1. The molecule has 9 heteroatoms. The Kier molecular flexibility index (Phi) is 6.63. The van der Waals surface area contributed by atoms with Gasteiger partial charge in [0.2, 0.25) is 0 Å². The van der Waals surface area contributed by atoms with Crippen molar-refractivity contribution in [2.45, 2.75) is 18.7 Å². The van der Waals surface area contributed by atoms with Gasteiger partial charge in [-0.3, -0.25) is 9.10 Å². The van der Waals surface area contributed by atoms with Crippen LogP contribution in [-0.2, 0) is 14.8 Å². The number of hydrogen-bond donors (Lipinski definition) is 1. The molecule has 0 spiro atoms. The highest BCUT2D eigenvalue weighted by Gasteiger charge is 2.27. The number of benzene rings is 2. The number of nitrogens with zero attached hydrogens (tertiary/aromatic N) is 2. The molecule has 0 aliphatic heterocycles. The van der Waals surface area contributed by atoms with Crippen molar-refractivity contribution in [2.24, 2.45) is 5.10 Å². The number of rotatable bonds is 6. The zero-order valence-electron chi connectivity index (χ0n) is 14.1. The van der Waals surface area contributed by atoms with Gasteiger partial charge < -0.3 is 0 Å². The Morgan fingerprint density at radius 1 is 1.08 bits per heavy atom. The Morgan fingerprint density at radius 2 is 1.73 bits per heavy atom. The van der Waals surface area contributed by atoms with E-state index in [1.807, 2.05) is 0 Å². The molecule has 0 unspecified atom stereocenters. The highest BCUT2D eigenvalue weighted by molar-refractivity contribution is 7.92. The summed E-state index contributed by atoms with van der Waals surface area (Å²) in [5.74, 6) is -0.580. The molecule has 0 saturated carbocycles. The molecule has 0 saturated heterocycles. The van der Waals surface area contributed by atoms with Gasteiger partial charge in [-0.1, -0.05) is 29.3 Å². The standard InChI is InChI=1S/C17H17Cl2N3O3S/c1-12(2)20-21-17(23)11-22(15-5-3-4-14(19)10-15)26(24,25)16-8-6-13(18)7-9-16/h3-10H,11H2,1-2H3,(H,21,23). The summed E-state index contributed by atoms with van der Waals surface area (Å²) < 4.78 is 27.1. The fourth-order valence-corrected chi connectivity index (χ4v) is 3.74. The summed E-state index contributed by atoms with van der Waals surface area (Å²) >= 11 is 11.8. The fraction of sp³-hybridized carbons (Fsp3) is 0.176. The van der Waals surface area contributed by atoms with Crippen LogP contribution < -0.4 is 9.73 Å². The Morgan fingerprint density at radius 3 is 2.31 bits per heavy atom. The van der Waals surface area contributed by atoms with E-state index < -0.39 is 22.5 Å². The largest absolute Gasteiger partial charge is 0.271 e. The lowest BCUT2D eigenvalue weighted by molar-refractivity contribution is -0.119. The van der Waals surface area contributed by atoms with Crippen LogP contribution in [0.25, 0.3) is 0 Å². The van der Waals surface area contributed by atoms with Gasteiger partial charge in [-0.15, -0.1) is 0 Å². The van der Waals surface area contributed by atoms with Gasteiger partial charge in [-0.2, -0.15) is 5.10 Å². The van der Waals surface area contributed by atoms with Crippen molar-refractivity contribution in [3.63, 3.8) is 0 Å². The lowest BCUT2D eigenvalue weighted by Crippen LogP contribution is -2.39.